The fraction of sp³-hybridized carbons (Fsp3) is 0.686. The molecule has 0 fully saturated rings. The molecule has 0 unspecified atom stereocenters. The van der Waals surface area contributed by atoms with Crippen molar-refractivity contribution >= 4 is 36.7 Å². The summed E-state index contributed by atoms with van der Waals surface area (Å²) in [5.41, 5.74) is 16.9. The number of amides is 4. The van der Waals surface area contributed by atoms with Crippen molar-refractivity contribution in [1.82, 2.24) is 16.0 Å². The Labute approximate surface area is 293 Å². The van der Waals surface area contributed by atoms with Gasteiger partial charge in [0.25, 0.3) is 0 Å². The van der Waals surface area contributed by atoms with Gasteiger partial charge in [0.2, 0.25) is 23.6 Å². The Morgan fingerprint density at radius 2 is 1.22 bits per heavy atom. The summed E-state index contributed by atoms with van der Waals surface area (Å²) < 4.78 is 0. The SMILES string of the molecule is CCCCCCCCCCCCCCCC(=O)N[C@@H](CCCN=C(N)N)C(=O)N[C@@H](CCC(N)=O)C(=O)N[C@@H](Cc1ccccc1)B(O)O. The van der Waals surface area contributed by atoms with Gasteiger partial charge in [0.1, 0.15) is 12.1 Å². The van der Waals surface area contributed by atoms with Gasteiger partial charge in [-0.2, -0.15) is 0 Å². The van der Waals surface area contributed by atoms with Crippen molar-refractivity contribution < 1.29 is 29.2 Å². The van der Waals surface area contributed by atoms with Crippen molar-refractivity contribution in [3.63, 3.8) is 0 Å². The van der Waals surface area contributed by atoms with Crippen LogP contribution in [0.4, 0.5) is 0 Å². The molecule has 0 aliphatic rings. The van der Waals surface area contributed by atoms with Gasteiger partial charge in [-0.05, 0) is 37.7 Å². The minimum atomic E-state index is -1.88. The fourth-order valence-corrected chi connectivity index (χ4v) is 5.55. The van der Waals surface area contributed by atoms with E-state index in [1.165, 1.54) is 57.8 Å². The third-order valence-corrected chi connectivity index (χ3v) is 8.40. The number of benzene rings is 1. The van der Waals surface area contributed by atoms with E-state index in [1.807, 2.05) is 6.07 Å². The number of hydrogen-bond acceptors (Lipinski definition) is 7. The summed E-state index contributed by atoms with van der Waals surface area (Å²) >= 11 is 0. The van der Waals surface area contributed by atoms with Crippen LogP contribution in [0, 0.1) is 0 Å². The van der Waals surface area contributed by atoms with E-state index in [0.717, 1.165) is 24.8 Å². The Balaban J connectivity index is 2.71. The van der Waals surface area contributed by atoms with Crippen LogP contribution in [0.3, 0.4) is 0 Å². The molecule has 3 atom stereocenters. The largest absolute Gasteiger partial charge is 0.475 e. The number of nitrogens with one attached hydrogen (secondary N) is 3. The van der Waals surface area contributed by atoms with Crippen LogP contribution in [0.25, 0.3) is 0 Å². The Morgan fingerprint density at radius 3 is 1.76 bits per heavy atom. The van der Waals surface area contributed by atoms with Crippen molar-refractivity contribution in [3.8, 4) is 0 Å². The molecule has 1 aromatic rings. The van der Waals surface area contributed by atoms with Crippen LogP contribution in [0.15, 0.2) is 35.3 Å². The minimum Gasteiger partial charge on any atom is -0.426 e. The molecule has 0 heterocycles. The molecule has 11 N–H and O–H groups in total. The second-order valence-electron chi connectivity index (χ2n) is 12.8. The highest BCUT2D eigenvalue weighted by atomic mass is 16.4. The Hall–Kier alpha value is -3.65. The summed E-state index contributed by atoms with van der Waals surface area (Å²) in [7, 11) is -1.88. The highest BCUT2D eigenvalue weighted by Crippen LogP contribution is 2.13. The molecule has 0 aliphatic carbocycles. The lowest BCUT2D eigenvalue weighted by atomic mass is 9.75. The average molecular weight is 688 g/mol. The number of aliphatic imine (C=N–C) groups is 1. The Morgan fingerprint density at radius 1 is 0.694 bits per heavy atom. The van der Waals surface area contributed by atoms with Gasteiger partial charge in [0.05, 0.1) is 5.94 Å². The summed E-state index contributed by atoms with van der Waals surface area (Å²) in [6, 6.07) is 6.73. The average Bonchev–Trinajstić information content (AvgIpc) is 3.06. The number of carbonyl (C=O) groups is 4. The van der Waals surface area contributed by atoms with Crippen molar-refractivity contribution in [2.45, 2.75) is 147 Å². The Bertz CT molecular complexity index is 1110. The van der Waals surface area contributed by atoms with E-state index >= 15 is 0 Å². The lowest BCUT2D eigenvalue weighted by Crippen LogP contribution is -2.57. The fourth-order valence-electron chi connectivity index (χ4n) is 5.55. The van der Waals surface area contributed by atoms with E-state index in [2.05, 4.69) is 27.9 Å². The number of hydrogen-bond donors (Lipinski definition) is 8. The first-order valence-corrected chi connectivity index (χ1v) is 18.2. The molecule has 0 aliphatic heterocycles. The lowest BCUT2D eigenvalue weighted by molar-refractivity contribution is -0.132. The van der Waals surface area contributed by atoms with Crippen molar-refractivity contribution in [2.24, 2.45) is 22.2 Å². The molecular formula is C35H62BN7O6. The summed E-state index contributed by atoms with van der Waals surface area (Å²) in [6.07, 6.45) is 16.1. The maximum absolute atomic E-state index is 13.5. The molecule has 0 radical (unpaired) electrons. The molecule has 13 nitrogen and oxygen atoms in total. The first-order valence-electron chi connectivity index (χ1n) is 18.2. The van der Waals surface area contributed by atoms with E-state index < -0.39 is 42.9 Å². The zero-order chi connectivity index (χ0) is 36.3. The monoisotopic (exact) mass is 687 g/mol. The molecule has 0 saturated carbocycles. The van der Waals surface area contributed by atoms with E-state index in [9.17, 15) is 29.2 Å². The molecule has 276 valence electrons. The van der Waals surface area contributed by atoms with Gasteiger partial charge in [-0.25, -0.2) is 0 Å². The molecular weight excluding hydrogens is 625 g/mol. The number of carbonyl (C=O) groups excluding carboxylic acids is 4. The molecule has 1 rings (SSSR count). The molecule has 0 saturated heterocycles. The van der Waals surface area contributed by atoms with Gasteiger partial charge in [0.15, 0.2) is 5.96 Å². The maximum Gasteiger partial charge on any atom is 0.475 e. The standard InChI is InChI=1S/C35H62BN7O6/c1-2-3-4-5-6-7-8-9-10-11-12-13-17-22-32(45)41-28(21-18-25-40-35(38)39)33(46)42-29(23-24-31(37)44)34(47)43-30(36(48)49)26-27-19-15-14-16-20-27/h14-16,19-20,28-30,48-49H,2-13,17-18,21-26H2,1H3,(H2,37,44)(H,41,45)(H,42,46)(H,43,47)(H4,38,39,40)/t28-,29-,30-/m0/s1. The van der Waals surface area contributed by atoms with Gasteiger partial charge in [0, 0.05) is 19.4 Å². The second-order valence-corrected chi connectivity index (χ2v) is 12.8. The molecule has 0 aromatic heterocycles. The zero-order valence-corrected chi connectivity index (χ0v) is 29.5. The summed E-state index contributed by atoms with van der Waals surface area (Å²) in [5, 5.41) is 27.9. The predicted molar refractivity (Wildman–Crippen MR) is 195 cm³/mol. The predicted octanol–water partition coefficient (Wildman–Crippen LogP) is 2.50. The highest BCUT2D eigenvalue weighted by molar-refractivity contribution is 6.43. The Kier molecular flexibility index (Phi) is 24.1. The third-order valence-electron chi connectivity index (χ3n) is 8.40. The first kappa shape index (κ1) is 43.4. The maximum atomic E-state index is 13.5. The van der Waals surface area contributed by atoms with Crippen LogP contribution in [-0.4, -0.2) is 71.3 Å². The van der Waals surface area contributed by atoms with E-state index in [1.54, 1.807) is 24.3 Å². The van der Waals surface area contributed by atoms with Crippen molar-refractivity contribution in [2.75, 3.05) is 6.54 Å². The first-order chi connectivity index (χ1) is 23.5. The number of nitrogens with two attached hydrogens (primary N) is 3. The highest BCUT2D eigenvalue weighted by Gasteiger charge is 2.31. The van der Waals surface area contributed by atoms with Crippen LogP contribution >= 0.6 is 0 Å². The van der Waals surface area contributed by atoms with Crippen LogP contribution in [-0.2, 0) is 25.6 Å². The van der Waals surface area contributed by atoms with Crippen LogP contribution < -0.4 is 33.2 Å². The lowest BCUT2D eigenvalue weighted by Gasteiger charge is -2.25. The summed E-state index contributed by atoms with van der Waals surface area (Å²) in [4.78, 5) is 55.1. The molecule has 4 amide bonds. The number of unbranched alkanes of at least 4 members (excludes halogenated alkanes) is 12. The molecule has 49 heavy (non-hydrogen) atoms. The molecule has 14 heteroatoms. The topological polar surface area (TPSA) is 235 Å². The van der Waals surface area contributed by atoms with E-state index in [-0.39, 0.29) is 50.5 Å². The number of rotatable bonds is 29. The van der Waals surface area contributed by atoms with Crippen molar-refractivity contribution in [3.05, 3.63) is 35.9 Å². The van der Waals surface area contributed by atoms with Crippen LogP contribution in [0.2, 0.25) is 0 Å². The van der Waals surface area contributed by atoms with Gasteiger partial charge < -0.3 is 43.2 Å². The second kappa shape index (κ2) is 27.2. The zero-order valence-electron chi connectivity index (χ0n) is 29.5. The van der Waals surface area contributed by atoms with Gasteiger partial charge in [-0.3, -0.25) is 24.2 Å². The third kappa shape index (κ3) is 22.6. The van der Waals surface area contributed by atoms with Crippen LogP contribution in [0.5, 0.6) is 0 Å². The van der Waals surface area contributed by atoms with Gasteiger partial charge in [-0.15, -0.1) is 0 Å². The van der Waals surface area contributed by atoms with Gasteiger partial charge in [-0.1, -0.05) is 114 Å². The normalized spacial score (nSPS) is 12.7. The summed E-state index contributed by atoms with van der Waals surface area (Å²) in [5.74, 6) is -3.48. The number of nitrogens with zero attached hydrogens (tertiary/aromatic N) is 1. The number of guanidine groups is 1. The van der Waals surface area contributed by atoms with E-state index in [4.69, 9.17) is 17.2 Å². The summed E-state index contributed by atoms with van der Waals surface area (Å²) in [6.45, 7) is 2.47. The van der Waals surface area contributed by atoms with Crippen molar-refractivity contribution in [1.29, 1.82) is 0 Å². The van der Waals surface area contributed by atoms with Gasteiger partial charge >= 0.3 is 7.12 Å². The molecule has 0 spiro atoms. The van der Waals surface area contributed by atoms with Crippen LogP contribution in [0.1, 0.15) is 128 Å². The van der Waals surface area contributed by atoms with E-state index in [0.29, 0.717) is 12.8 Å². The minimum absolute atomic E-state index is 0.0910. The smallest absolute Gasteiger partial charge is 0.426 e. The molecule has 1 aromatic carbocycles. The molecule has 0 bridgehead atoms. The quantitative estimate of drug-likeness (QED) is 0.0269. The number of primary amides is 1.